The van der Waals surface area contributed by atoms with E-state index in [0.717, 1.165) is 11.1 Å². The van der Waals surface area contributed by atoms with E-state index < -0.39 is 29.2 Å². The van der Waals surface area contributed by atoms with Gasteiger partial charge in [0.15, 0.2) is 5.60 Å². The fourth-order valence-electron chi connectivity index (χ4n) is 7.43. The maximum absolute atomic E-state index is 16.2. The molecule has 236 valence electrons. The second kappa shape index (κ2) is 12.0. The minimum absolute atomic E-state index is 0.00323. The molecule has 3 aliphatic rings. The summed E-state index contributed by atoms with van der Waals surface area (Å²) in [6.45, 7) is 5.84. The second-order valence-corrected chi connectivity index (χ2v) is 12.9. The molecule has 0 aliphatic carbocycles. The number of hydrogen-bond acceptors (Lipinski definition) is 5. The number of alkyl halides is 1. The molecule has 4 atom stereocenters. The number of nitrogens with zero attached hydrogens (tertiary/aromatic N) is 3. The number of rotatable bonds is 10. The van der Waals surface area contributed by atoms with Gasteiger partial charge in [0.1, 0.15) is 5.67 Å². The predicted octanol–water partition coefficient (Wildman–Crippen LogP) is 4.98. The molecule has 1 spiro atoms. The van der Waals surface area contributed by atoms with Crippen LogP contribution in [-0.4, -0.2) is 59.2 Å². The number of ether oxygens (including phenoxy) is 1. The Labute approximate surface area is 263 Å². The Morgan fingerprint density at radius 3 is 2.29 bits per heavy atom. The summed E-state index contributed by atoms with van der Waals surface area (Å²) < 4.78 is 23.0. The van der Waals surface area contributed by atoms with Crippen LogP contribution >= 0.6 is 0 Å². The molecule has 8 nitrogen and oxygen atoms in total. The topological polar surface area (TPSA) is 90.4 Å². The minimum atomic E-state index is -1.78. The summed E-state index contributed by atoms with van der Waals surface area (Å²) in [4.78, 5) is 45.8. The van der Waals surface area contributed by atoms with Gasteiger partial charge in [-0.3, -0.25) is 14.4 Å². The van der Waals surface area contributed by atoms with E-state index in [1.807, 2.05) is 85.8 Å². The number of β-lactam (4-membered cyclic amide) rings is 1. The first-order valence-electron chi connectivity index (χ1n) is 15.6. The molecule has 0 saturated carbocycles. The average molecular weight is 614 g/mol. The molecular formula is C36H40FN3O5. The number of hydrogen-bond donors (Lipinski definition) is 1. The smallest absolute Gasteiger partial charge is 0.264 e. The molecule has 45 heavy (non-hydrogen) atoms. The lowest BCUT2D eigenvalue weighted by Gasteiger charge is -2.33. The van der Waals surface area contributed by atoms with E-state index in [2.05, 4.69) is 0 Å². The Morgan fingerprint density at radius 2 is 1.71 bits per heavy atom. The molecule has 0 radical (unpaired) electrons. The fraction of sp³-hybridized carbons (Fsp3) is 0.417. The van der Waals surface area contributed by atoms with E-state index in [4.69, 9.17) is 4.74 Å². The Morgan fingerprint density at radius 1 is 1.04 bits per heavy atom. The standard InChI is InChI=1S/C36H40FN3O5/c1-24-33(35(2,3)37)30(21-32(43)38(18-19-41)22-25-10-6-4-7-11-25)45-36(24)28-20-27(39-17-16-31(39)42)14-15-29(28)40(34(36)44)23-26-12-8-5-9-13-26/h4-15,20,24,30,33,41H,16-19,21-23H2,1-3H3/t24-,30+,33-,36+/m1/s1. The molecule has 2 saturated heterocycles. The first-order chi connectivity index (χ1) is 21.5. The van der Waals surface area contributed by atoms with Crippen LogP contribution in [0.5, 0.6) is 0 Å². The van der Waals surface area contributed by atoms with Gasteiger partial charge in [-0.2, -0.15) is 0 Å². The molecule has 3 aromatic carbocycles. The average Bonchev–Trinajstić information content (AvgIpc) is 3.43. The highest BCUT2D eigenvalue weighted by molar-refractivity contribution is 6.09. The SMILES string of the molecule is C[C@@H]1[C@@H](C(C)(C)F)[C@H](CC(=O)N(CCO)Cc2ccccc2)O[C@@]12C(=O)N(Cc1ccccc1)c1ccc(N3CCC3=O)cc12. The normalized spacial score (nSPS) is 24.2. The number of carbonyl (C=O) groups excluding carboxylic acids is 3. The Bertz CT molecular complexity index is 1580. The van der Waals surface area contributed by atoms with Gasteiger partial charge < -0.3 is 24.5 Å². The van der Waals surface area contributed by atoms with Crippen LogP contribution in [0, 0.1) is 11.8 Å². The third-order valence-corrected chi connectivity index (χ3v) is 9.60. The van der Waals surface area contributed by atoms with Crippen molar-refractivity contribution >= 4 is 29.1 Å². The molecular weight excluding hydrogens is 573 g/mol. The highest BCUT2D eigenvalue weighted by Crippen LogP contribution is 2.59. The van der Waals surface area contributed by atoms with Gasteiger partial charge in [0, 0.05) is 49.1 Å². The zero-order valence-electron chi connectivity index (χ0n) is 26.0. The molecule has 9 heteroatoms. The van der Waals surface area contributed by atoms with E-state index in [9.17, 15) is 19.5 Å². The van der Waals surface area contributed by atoms with Gasteiger partial charge in [-0.1, -0.05) is 67.6 Å². The summed E-state index contributed by atoms with van der Waals surface area (Å²) in [7, 11) is 0. The molecule has 0 unspecified atom stereocenters. The summed E-state index contributed by atoms with van der Waals surface area (Å²) >= 11 is 0. The third kappa shape index (κ3) is 5.53. The zero-order chi connectivity index (χ0) is 31.9. The van der Waals surface area contributed by atoms with Crippen LogP contribution < -0.4 is 9.80 Å². The van der Waals surface area contributed by atoms with Crippen LogP contribution in [0.4, 0.5) is 15.8 Å². The van der Waals surface area contributed by atoms with Crippen LogP contribution in [0.2, 0.25) is 0 Å². The Hall–Kier alpha value is -4.08. The number of fused-ring (bicyclic) bond motifs is 2. The van der Waals surface area contributed by atoms with Gasteiger partial charge in [-0.15, -0.1) is 0 Å². The lowest BCUT2D eigenvalue weighted by atomic mass is 9.71. The monoisotopic (exact) mass is 613 g/mol. The predicted molar refractivity (Wildman–Crippen MR) is 169 cm³/mol. The van der Waals surface area contributed by atoms with E-state index in [-0.39, 0.29) is 43.8 Å². The molecule has 3 heterocycles. The van der Waals surface area contributed by atoms with Crippen LogP contribution in [0.3, 0.4) is 0 Å². The van der Waals surface area contributed by atoms with Gasteiger partial charge in [-0.25, -0.2) is 4.39 Å². The van der Waals surface area contributed by atoms with Crippen LogP contribution in [0.15, 0.2) is 78.9 Å². The van der Waals surface area contributed by atoms with Crippen molar-refractivity contribution in [2.75, 3.05) is 29.5 Å². The number of aliphatic hydroxyl groups excluding tert-OH is 1. The molecule has 3 aromatic rings. The highest BCUT2D eigenvalue weighted by atomic mass is 19.1. The molecule has 3 aliphatic heterocycles. The number of aliphatic hydroxyl groups is 1. The van der Waals surface area contributed by atoms with Gasteiger partial charge >= 0.3 is 0 Å². The third-order valence-electron chi connectivity index (χ3n) is 9.60. The number of anilines is 2. The lowest BCUT2D eigenvalue weighted by molar-refractivity contribution is -0.150. The summed E-state index contributed by atoms with van der Waals surface area (Å²) in [5, 5.41) is 9.76. The van der Waals surface area contributed by atoms with E-state index in [0.29, 0.717) is 36.4 Å². The number of amides is 3. The van der Waals surface area contributed by atoms with Crippen molar-refractivity contribution < 1.29 is 28.6 Å². The zero-order valence-corrected chi connectivity index (χ0v) is 26.0. The Balaban J connectivity index is 1.39. The second-order valence-electron chi connectivity index (χ2n) is 12.9. The highest BCUT2D eigenvalue weighted by Gasteiger charge is 2.66. The first-order valence-corrected chi connectivity index (χ1v) is 15.6. The van der Waals surface area contributed by atoms with Crippen molar-refractivity contribution in [1.82, 2.24) is 4.90 Å². The summed E-state index contributed by atoms with van der Waals surface area (Å²) in [6, 6.07) is 24.6. The van der Waals surface area contributed by atoms with Crippen LogP contribution in [-0.2, 0) is 37.8 Å². The molecule has 0 bridgehead atoms. The first kappa shape index (κ1) is 30.9. The quantitative estimate of drug-likeness (QED) is 0.326. The van der Waals surface area contributed by atoms with Gasteiger partial charge in [0.25, 0.3) is 5.91 Å². The summed E-state index contributed by atoms with van der Waals surface area (Å²) in [5.41, 5.74) is 0.415. The lowest BCUT2D eigenvalue weighted by Crippen LogP contribution is -2.46. The van der Waals surface area contributed by atoms with Gasteiger partial charge in [0.05, 0.1) is 31.4 Å². The number of benzene rings is 3. The molecule has 3 amide bonds. The van der Waals surface area contributed by atoms with E-state index >= 15 is 4.39 Å². The van der Waals surface area contributed by atoms with Crippen molar-refractivity contribution in [3.8, 4) is 0 Å². The fourth-order valence-corrected chi connectivity index (χ4v) is 7.43. The molecule has 2 fully saturated rings. The molecule has 0 aromatic heterocycles. The van der Waals surface area contributed by atoms with E-state index in [1.165, 1.54) is 13.8 Å². The minimum Gasteiger partial charge on any atom is -0.395 e. The summed E-state index contributed by atoms with van der Waals surface area (Å²) in [5.74, 6) is -2.02. The largest absolute Gasteiger partial charge is 0.395 e. The van der Waals surface area contributed by atoms with Crippen molar-refractivity contribution in [1.29, 1.82) is 0 Å². The maximum atomic E-state index is 16.2. The van der Waals surface area contributed by atoms with E-state index in [1.54, 1.807) is 14.7 Å². The number of halogens is 1. The Kier molecular flexibility index (Phi) is 8.26. The molecule has 1 N–H and O–H groups in total. The van der Waals surface area contributed by atoms with Gasteiger partial charge in [0.2, 0.25) is 11.8 Å². The summed E-state index contributed by atoms with van der Waals surface area (Å²) in [6.07, 6.45) is -0.598. The van der Waals surface area contributed by atoms with Crippen molar-refractivity contribution in [2.24, 2.45) is 11.8 Å². The van der Waals surface area contributed by atoms with Crippen LogP contribution in [0.1, 0.15) is 50.3 Å². The maximum Gasteiger partial charge on any atom is 0.264 e. The van der Waals surface area contributed by atoms with Gasteiger partial charge in [-0.05, 0) is 43.2 Å². The number of carbonyl (C=O) groups is 3. The molecule has 6 rings (SSSR count). The van der Waals surface area contributed by atoms with Crippen molar-refractivity contribution in [2.45, 2.75) is 64.1 Å². The van der Waals surface area contributed by atoms with Crippen molar-refractivity contribution in [3.63, 3.8) is 0 Å². The van der Waals surface area contributed by atoms with Crippen LogP contribution in [0.25, 0.3) is 0 Å². The van der Waals surface area contributed by atoms with Crippen molar-refractivity contribution in [3.05, 3.63) is 95.6 Å².